The molecular formula is C12H30N2O3S. The topological polar surface area (TPSA) is 49.9 Å². The lowest BCUT2D eigenvalue weighted by atomic mass is 10.5. The third-order valence-electron chi connectivity index (χ3n) is 2.80. The molecule has 0 atom stereocenters. The molecule has 2 rings (SSSR count). The lowest BCUT2D eigenvalue weighted by Gasteiger charge is -2.21. The number of rotatable bonds is 0. The second-order valence-electron chi connectivity index (χ2n) is 4.37. The van der Waals surface area contributed by atoms with E-state index >= 15 is 0 Å². The van der Waals surface area contributed by atoms with Gasteiger partial charge < -0.3 is 14.5 Å². The molecule has 0 spiro atoms. The summed E-state index contributed by atoms with van der Waals surface area (Å²) < 4.78 is 26.6. The third kappa shape index (κ3) is 8.85. The van der Waals surface area contributed by atoms with Crippen LogP contribution in [0.1, 0.15) is 14.9 Å². The maximum atomic E-state index is 10.8. The number of hydrogen-bond acceptors (Lipinski definition) is 5. The standard InChI is InChI=1S/C5H11NO2S.C5H11NO.2CH4/c1-6-2-4-9(7,8)5-3-6;1-6-2-4-7-5-3-6;;/h2-5H2,1H3;2-5H2,1H3;2*1H4. The van der Waals surface area contributed by atoms with Crippen molar-refractivity contribution in [1.29, 1.82) is 0 Å². The van der Waals surface area contributed by atoms with E-state index in [2.05, 4.69) is 11.9 Å². The molecule has 0 radical (unpaired) electrons. The van der Waals surface area contributed by atoms with Gasteiger partial charge in [-0.2, -0.15) is 0 Å². The van der Waals surface area contributed by atoms with E-state index in [0.29, 0.717) is 24.6 Å². The molecule has 2 saturated heterocycles. The van der Waals surface area contributed by atoms with Gasteiger partial charge in [-0.05, 0) is 14.1 Å². The number of ether oxygens (including phenoxy) is 1. The van der Waals surface area contributed by atoms with Crippen molar-refractivity contribution < 1.29 is 13.2 Å². The van der Waals surface area contributed by atoms with Crippen LogP contribution in [0, 0.1) is 0 Å². The average Bonchev–Trinajstić information content (AvgIpc) is 2.25. The summed E-state index contributed by atoms with van der Waals surface area (Å²) in [6.45, 7) is 5.41. The Kier molecular flexibility index (Phi) is 10.9. The first-order chi connectivity index (χ1) is 7.49. The molecule has 0 saturated carbocycles. The van der Waals surface area contributed by atoms with Crippen molar-refractivity contribution in [3.8, 4) is 0 Å². The van der Waals surface area contributed by atoms with E-state index in [-0.39, 0.29) is 14.9 Å². The summed E-state index contributed by atoms with van der Waals surface area (Å²) in [6.07, 6.45) is 0. The largest absolute Gasteiger partial charge is 0.379 e. The zero-order chi connectivity index (χ0) is 12.0. The van der Waals surface area contributed by atoms with Gasteiger partial charge in [-0.15, -0.1) is 0 Å². The first-order valence-electron chi connectivity index (χ1n) is 5.65. The van der Waals surface area contributed by atoms with Crippen LogP contribution < -0.4 is 0 Å². The number of sulfone groups is 1. The zero-order valence-electron chi connectivity index (χ0n) is 10.2. The van der Waals surface area contributed by atoms with E-state index in [0.717, 1.165) is 26.3 Å². The fourth-order valence-corrected chi connectivity index (χ4v) is 2.84. The van der Waals surface area contributed by atoms with Crippen LogP contribution in [0.25, 0.3) is 0 Å². The Morgan fingerprint density at radius 2 is 1.22 bits per heavy atom. The highest BCUT2D eigenvalue weighted by atomic mass is 32.2. The first-order valence-corrected chi connectivity index (χ1v) is 7.47. The molecule has 6 heteroatoms. The molecule has 2 heterocycles. The molecule has 0 bridgehead atoms. The molecule has 2 aliphatic heterocycles. The number of morpholine rings is 1. The molecule has 0 aromatic carbocycles. The van der Waals surface area contributed by atoms with Gasteiger partial charge in [0.25, 0.3) is 0 Å². The number of hydrogen-bond donors (Lipinski definition) is 0. The molecule has 5 nitrogen and oxygen atoms in total. The lowest BCUT2D eigenvalue weighted by molar-refractivity contribution is 0.0503. The summed E-state index contributed by atoms with van der Waals surface area (Å²) >= 11 is 0. The molecular weight excluding hydrogens is 252 g/mol. The Labute approximate surface area is 113 Å². The summed E-state index contributed by atoms with van der Waals surface area (Å²) in [5.74, 6) is 0.674. The minimum absolute atomic E-state index is 0. The van der Waals surface area contributed by atoms with Crippen molar-refractivity contribution >= 4 is 9.84 Å². The molecule has 0 aromatic rings. The second-order valence-corrected chi connectivity index (χ2v) is 6.67. The summed E-state index contributed by atoms with van der Waals surface area (Å²) in [7, 11) is 1.40. The van der Waals surface area contributed by atoms with Crippen molar-refractivity contribution in [2.24, 2.45) is 0 Å². The minimum atomic E-state index is -2.66. The molecule has 0 aromatic heterocycles. The van der Waals surface area contributed by atoms with E-state index in [9.17, 15) is 8.42 Å². The van der Waals surface area contributed by atoms with Gasteiger partial charge in [0.05, 0.1) is 24.7 Å². The number of likely N-dealkylation sites (N-methyl/N-ethyl adjacent to an activating group) is 1. The maximum absolute atomic E-state index is 10.8. The van der Waals surface area contributed by atoms with Crippen LogP contribution in [0.15, 0.2) is 0 Å². The Morgan fingerprint density at radius 1 is 0.833 bits per heavy atom. The smallest absolute Gasteiger partial charge is 0.152 e. The summed E-state index contributed by atoms with van der Waals surface area (Å²) in [4.78, 5) is 4.30. The van der Waals surface area contributed by atoms with Gasteiger partial charge in [0, 0.05) is 26.2 Å². The van der Waals surface area contributed by atoms with E-state index in [1.54, 1.807) is 0 Å². The highest BCUT2D eigenvalue weighted by Gasteiger charge is 2.17. The van der Waals surface area contributed by atoms with Crippen molar-refractivity contribution in [3.05, 3.63) is 0 Å². The summed E-state index contributed by atoms with van der Waals surface area (Å²) in [5, 5.41) is 0. The van der Waals surface area contributed by atoms with Gasteiger partial charge in [-0.3, -0.25) is 0 Å². The number of nitrogens with zero attached hydrogens (tertiary/aromatic N) is 2. The van der Waals surface area contributed by atoms with Crippen LogP contribution in [0.2, 0.25) is 0 Å². The van der Waals surface area contributed by atoms with Crippen molar-refractivity contribution in [2.75, 3.05) is 65.0 Å². The van der Waals surface area contributed by atoms with E-state index < -0.39 is 9.84 Å². The van der Waals surface area contributed by atoms with E-state index in [1.807, 2.05) is 11.9 Å². The van der Waals surface area contributed by atoms with Gasteiger partial charge in [-0.1, -0.05) is 14.9 Å². The van der Waals surface area contributed by atoms with Gasteiger partial charge in [0.1, 0.15) is 0 Å². The minimum Gasteiger partial charge on any atom is -0.379 e. The quantitative estimate of drug-likeness (QED) is 0.650. The van der Waals surface area contributed by atoms with Crippen LogP contribution in [0.4, 0.5) is 0 Å². The van der Waals surface area contributed by atoms with Crippen LogP contribution in [-0.2, 0) is 14.6 Å². The van der Waals surface area contributed by atoms with Crippen molar-refractivity contribution in [3.63, 3.8) is 0 Å². The Morgan fingerprint density at radius 3 is 1.50 bits per heavy atom. The van der Waals surface area contributed by atoms with Crippen LogP contribution in [-0.4, -0.2) is 83.2 Å². The van der Waals surface area contributed by atoms with Crippen molar-refractivity contribution in [1.82, 2.24) is 9.80 Å². The van der Waals surface area contributed by atoms with Gasteiger partial charge in [-0.25, -0.2) is 8.42 Å². The van der Waals surface area contributed by atoms with E-state index in [4.69, 9.17) is 4.74 Å². The fourth-order valence-electron chi connectivity index (χ4n) is 1.46. The predicted octanol–water partition coefficient (Wildman–Crippen LogP) is 0.567. The molecule has 0 aliphatic carbocycles. The Balaban J connectivity index is 0. The second kappa shape index (κ2) is 9.72. The lowest BCUT2D eigenvalue weighted by Crippen LogP contribution is -2.37. The molecule has 0 unspecified atom stereocenters. The normalized spacial score (nSPS) is 23.9. The van der Waals surface area contributed by atoms with E-state index in [1.165, 1.54) is 0 Å². The maximum Gasteiger partial charge on any atom is 0.152 e. The molecule has 112 valence electrons. The molecule has 2 aliphatic rings. The predicted molar refractivity (Wildman–Crippen MR) is 77.9 cm³/mol. The van der Waals surface area contributed by atoms with Crippen molar-refractivity contribution in [2.45, 2.75) is 14.9 Å². The zero-order valence-corrected chi connectivity index (χ0v) is 11.0. The average molecular weight is 282 g/mol. The monoisotopic (exact) mass is 282 g/mol. The third-order valence-corrected chi connectivity index (χ3v) is 4.41. The Hall–Kier alpha value is -0.170. The summed E-state index contributed by atoms with van der Waals surface area (Å²) in [5.41, 5.74) is 0. The molecule has 2 fully saturated rings. The summed E-state index contributed by atoms with van der Waals surface area (Å²) in [6, 6.07) is 0. The molecule has 0 N–H and O–H groups in total. The first kappa shape index (κ1) is 20.2. The van der Waals surface area contributed by atoms with Gasteiger partial charge in [0.2, 0.25) is 0 Å². The molecule has 18 heavy (non-hydrogen) atoms. The Bertz CT molecular complexity index is 274. The highest BCUT2D eigenvalue weighted by Crippen LogP contribution is 1.99. The van der Waals surface area contributed by atoms with Gasteiger partial charge in [0.15, 0.2) is 9.84 Å². The molecule has 0 amide bonds. The van der Waals surface area contributed by atoms with Crippen LogP contribution in [0.5, 0.6) is 0 Å². The highest BCUT2D eigenvalue weighted by molar-refractivity contribution is 7.91. The SMILES string of the molecule is C.C.CN1CCOCC1.CN1CCS(=O)(=O)CC1. The van der Waals surface area contributed by atoms with Crippen LogP contribution in [0.3, 0.4) is 0 Å². The fraction of sp³-hybridized carbons (Fsp3) is 1.00. The van der Waals surface area contributed by atoms with Gasteiger partial charge >= 0.3 is 0 Å². The van der Waals surface area contributed by atoms with Crippen LogP contribution >= 0.6 is 0 Å².